The zero-order valence-electron chi connectivity index (χ0n) is 16.0. The molecule has 0 saturated carbocycles. The van der Waals surface area contributed by atoms with Gasteiger partial charge in [0, 0.05) is 7.05 Å². The molecule has 0 saturated heterocycles. The Balaban J connectivity index is 2.05. The number of benzene rings is 2. The van der Waals surface area contributed by atoms with Gasteiger partial charge in [-0.25, -0.2) is 8.42 Å². The number of rotatable bonds is 7. The molecule has 0 fully saturated rings. The summed E-state index contributed by atoms with van der Waals surface area (Å²) in [4.78, 5) is 11.8. The van der Waals surface area contributed by atoms with Gasteiger partial charge in [-0.3, -0.25) is 9.10 Å². The molecule has 0 radical (unpaired) electrons. The Morgan fingerprint density at radius 1 is 1.10 bits per heavy atom. The number of nitrogens with zero attached hydrogens (tertiary/aromatic N) is 1. The minimum absolute atomic E-state index is 0.140. The van der Waals surface area contributed by atoms with Crippen LogP contribution in [0.1, 0.15) is 12.5 Å². The Bertz CT molecular complexity index is 943. The van der Waals surface area contributed by atoms with E-state index in [0.717, 1.165) is 9.87 Å². The number of carbonyl (C=O) groups excluding carboxylic acids is 1. The first-order valence-corrected chi connectivity index (χ1v) is 10.0. The average Bonchev–Trinajstić information content (AvgIpc) is 2.65. The molecule has 1 atom stereocenters. The van der Waals surface area contributed by atoms with Crippen LogP contribution in [0.5, 0.6) is 5.75 Å². The zero-order valence-corrected chi connectivity index (χ0v) is 16.8. The third-order valence-corrected chi connectivity index (χ3v) is 5.82. The number of carbonyl (C=O) groups is 1. The van der Waals surface area contributed by atoms with Crippen molar-refractivity contribution in [1.29, 1.82) is 0 Å². The minimum Gasteiger partial charge on any atom is -0.481 e. The summed E-state index contributed by atoms with van der Waals surface area (Å²) >= 11 is 0. The van der Waals surface area contributed by atoms with E-state index in [0.29, 0.717) is 5.69 Å². The highest BCUT2D eigenvalue weighted by molar-refractivity contribution is 7.92. The number of amides is 1. The van der Waals surface area contributed by atoms with Gasteiger partial charge in [0.25, 0.3) is 15.9 Å². The molecule has 10 heteroatoms. The van der Waals surface area contributed by atoms with Gasteiger partial charge >= 0.3 is 6.18 Å². The molecule has 29 heavy (non-hydrogen) atoms. The number of halogens is 3. The quantitative estimate of drug-likeness (QED) is 0.732. The highest BCUT2D eigenvalue weighted by Gasteiger charge is 2.29. The lowest BCUT2D eigenvalue weighted by Crippen LogP contribution is -2.41. The van der Waals surface area contributed by atoms with Crippen molar-refractivity contribution >= 4 is 21.6 Å². The van der Waals surface area contributed by atoms with E-state index in [4.69, 9.17) is 4.74 Å². The highest BCUT2D eigenvalue weighted by Crippen LogP contribution is 2.25. The van der Waals surface area contributed by atoms with Crippen LogP contribution in [-0.4, -0.2) is 40.2 Å². The summed E-state index contributed by atoms with van der Waals surface area (Å²) in [5.41, 5.74) is 1.29. The lowest BCUT2D eigenvalue weighted by atomic mass is 10.2. The summed E-state index contributed by atoms with van der Waals surface area (Å²) < 4.78 is 68.3. The van der Waals surface area contributed by atoms with Gasteiger partial charge in [-0.15, -0.1) is 0 Å². The van der Waals surface area contributed by atoms with E-state index in [2.05, 4.69) is 0 Å². The maximum Gasteiger partial charge on any atom is 0.405 e. The fourth-order valence-corrected chi connectivity index (χ4v) is 3.53. The molecule has 1 unspecified atom stereocenters. The molecule has 2 aromatic rings. The van der Waals surface area contributed by atoms with Crippen molar-refractivity contribution in [3.63, 3.8) is 0 Å². The van der Waals surface area contributed by atoms with Crippen molar-refractivity contribution in [2.24, 2.45) is 0 Å². The number of nitrogens with one attached hydrogen (secondary N) is 1. The van der Waals surface area contributed by atoms with Gasteiger partial charge in [0.2, 0.25) is 0 Å². The highest BCUT2D eigenvalue weighted by atomic mass is 32.2. The standard InChI is InChI=1S/C19H21F3N2O4S/c1-13-4-10-17(11-5-13)29(26,27)24(3)15-6-8-16(9-7-15)28-14(2)18(25)23-12-19(20,21)22/h4-11,14H,12H2,1-3H3,(H,23,25). The lowest BCUT2D eigenvalue weighted by molar-refractivity contribution is -0.142. The summed E-state index contributed by atoms with van der Waals surface area (Å²) in [7, 11) is -2.36. The summed E-state index contributed by atoms with van der Waals surface area (Å²) in [6.45, 7) is 1.72. The molecular formula is C19H21F3N2O4S. The molecule has 0 heterocycles. The summed E-state index contributed by atoms with van der Waals surface area (Å²) in [6.07, 6.45) is -5.66. The van der Waals surface area contributed by atoms with E-state index >= 15 is 0 Å². The number of alkyl halides is 3. The first-order chi connectivity index (χ1) is 13.4. The number of anilines is 1. The van der Waals surface area contributed by atoms with Crippen LogP contribution in [0.25, 0.3) is 0 Å². The second-order valence-corrected chi connectivity index (χ2v) is 8.34. The van der Waals surface area contributed by atoms with E-state index in [1.807, 2.05) is 6.92 Å². The molecule has 0 aliphatic heterocycles. The Morgan fingerprint density at radius 2 is 1.66 bits per heavy atom. The molecule has 0 bridgehead atoms. The predicted octanol–water partition coefficient (Wildman–Crippen LogP) is 3.27. The largest absolute Gasteiger partial charge is 0.481 e. The fourth-order valence-electron chi connectivity index (χ4n) is 2.33. The molecule has 0 spiro atoms. The number of hydrogen-bond donors (Lipinski definition) is 1. The van der Waals surface area contributed by atoms with Crippen LogP contribution < -0.4 is 14.4 Å². The monoisotopic (exact) mass is 430 g/mol. The van der Waals surface area contributed by atoms with Crippen molar-refractivity contribution in [2.75, 3.05) is 17.9 Å². The maximum absolute atomic E-state index is 12.7. The molecule has 0 aliphatic rings. The third-order valence-electron chi connectivity index (χ3n) is 4.02. The first kappa shape index (κ1) is 22.5. The first-order valence-electron chi connectivity index (χ1n) is 8.57. The summed E-state index contributed by atoms with van der Waals surface area (Å²) in [6, 6.07) is 12.2. The maximum atomic E-state index is 12.7. The minimum atomic E-state index is -4.51. The van der Waals surface area contributed by atoms with Gasteiger partial charge in [-0.2, -0.15) is 13.2 Å². The Labute approximate surface area is 167 Å². The fraction of sp³-hybridized carbons (Fsp3) is 0.316. The van der Waals surface area contributed by atoms with Gasteiger partial charge in [0.05, 0.1) is 10.6 Å². The van der Waals surface area contributed by atoms with Gasteiger partial charge in [0.15, 0.2) is 6.10 Å². The van der Waals surface area contributed by atoms with Crippen LogP contribution in [0, 0.1) is 6.92 Å². The SMILES string of the molecule is Cc1ccc(S(=O)(=O)N(C)c2ccc(OC(C)C(=O)NCC(F)(F)F)cc2)cc1. The van der Waals surface area contributed by atoms with E-state index < -0.39 is 34.8 Å². The van der Waals surface area contributed by atoms with Crippen molar-refractivity contribution in [3.8, 4) is 5.75 Å². The normalized spacial score (nSPS) is 12.9. The topological polar surface area (TPSA) is 75.7 Å². The van der Waals surface area contributed by atoms with Crippen LogP contribution >= 0.6 is 0 Å². The molecule has 6 nitrogen and oxygen atoms in total. The Hall–Kier alpha value is -2.75. The molecule has 1 N–H and O–H groups in total. The van der Waals surface area contributed by atoms with Crippen molar-refractivity contribution in [3.05, 3.63) is 54.1 Å². The van der Waals surface area contributed by atoms with Crippen molar-refractivity contribution < 1.29 is 31.1 Å². The van der Waals surface area contributed by atoms with E-state index in [-0.39, 0.29) is 10.6 Å². The van der Waals surface area contributed by atoms with Gasteiger partial charge in [-0.05, 0) is 50.2 Å². The predicted molar refractivity (Wildman–Crippen MR) is 102 cm³/mol. The smallest absolute Gasteiger partial charge is 0.405 e. The van der Waals surface area contributed by atoms with Crippen LogP contribution in [0.2, 0.25) is 0 Å². The molecule has 2 aromatic carbocycles. The lowest BCUT2D eigenvalue weighted by Gasteiger charge is -2.20. The van der Waals surface area contributed by atoms with E-state index in [1.54, 1.807) is 17.4 Å². The Kier molecular flexibility index (Phi) is 6.78. The molecular weight excluding hydrogens is 409 g/mol. The second kappa shape index (κ2) is 8.73. The molecule has 1 amide bonds. The Morgan fingerprint density at radius 3 is 2.17 bits per heavy atom. The third kappa shape index (κ3) is 6.11. The van der Waals surface area contributed by atoms with Crippen molar-refractivity contribution in [1.82, 2.24) is 5.32 Å². The van der Waals surface area contributed by atoms with Crippen LogP contribution in [0.4, 0.5) is 18.9 Å². The molecule has 0 aromatic heterocycles. The second-order valence-electron chi connectivity index (χ2n) is 6.37. The van der Waals surface area contributed by atoms with Gasteiger partial charge in [0.1, 0.15) is 12.3 Å². The van der Waals surface area contributed by atoms with Gasteiger partial charge in [-0.1, -0.05) is 17.7 Å². The van der Waals surface area contributed by atoms with Gasteiger partial charge < -0.3 is 10.1 Å². The molecule has 2 rings (SSSR count). The van der Waals surface area contributed by atoms with E-state index in [1.165, 1.54) is 50.4 Å². The van der Waals surface area contributed by atoms with Crippen LogP contribution in [0.3, 0.4) is 0 Å². The van der Waals surface area contributed by atoms with Crippen LogP contribution in [0.15, 0.2) is 53.4 Å². The van der Waals surface area contributed by atoms with Crippen LogP contribution in [-0.2, 0) is 14.8 Å². The average molecular weight is 430 g/mol. The van der Waals surface area contributed by atoms with Crippen molar-refractivity contribution in [2.45, 2.75) is 31.0 Å². The number of sulfonamides is 1. The molecule has 158 valence electrons. The summed E-state index contributed by atoms with van der Waals surface area (Å²) in [5, 5.41) is 1.74. The number of aryl methyl sites for hydroxylation is 1. The van der Waals surface area contributed by atoms with E-state index in [9.17, 15) is 26.4 Å². The number of ether oxygens (including phenoxy) is 1. The summed E-state index contributed by atoms with van der Waals surface area (Å²) in [5.74, 6) is -0.699. The zero-order chi connectivity index (χ0) is 21.8. The molecule has 0 aliphatic carbocycles. The number of hydrogen-bond acceptors (Lipinski definition) is 4.